The second-order valence-electron chi connectivity index (χ2n) is 4.84. The van der Waals surface area contributed by atoms with Gasteiger partial charge in [0.2, 0.25) is 0 Å². The fourth-order valence-electron chi connectivity index (χ4n) is 1.52. The number of rotatable bonds is 10. The number of hydrogen-bond donors (Lipinski definition) is 3. The van der Waals surface area contributed by atoms with Gasteiger partial charge in [-0.2, -0.15) is 11.8 Å². The molecule has 0 bridgehead atoms. The lowest BCUT2D eigenvalue weighted by molar-refractivity contribution is -0.137. The van der Waals surface area contributed by atoms with Gasteiger partial charge in [-0.1, -0.05) is 13.8 Å². The van der Waals surface area contributed by atoms with E-state index in [0.717, 1.165) is 12.8 Å². The molecule has 0 aromatic rings. The van der Waals surface area contributed by atoms with Crippen LogP contribution in [0.15, 0.2) is 0 Å². The summed E-state index contributed by atoms with van der Waals surface area (Å²) in [5, 5.41) is 14.7. The van der Waals surface area contributed by atoms with Crippen LogP contribution >= 0.6 is 11.8 Å². The summed E-state index contributed by atoms with van der Waals surface area (Å²) in [6.45, 7) is 5.41. The monoisotopic (exact) mass is 290 g/mol. The first-order valence-corrected chi connectivity index (χ1v) is 8.00. The number of thioether (sulfide) groups is 1. The van der Waals surface area contributed by atoms with Crippen molar-refractivity contribution in [3.63, 3.8) is 0 Å². The van der Waals surface area contributed by atoms with Crippen molar-refractivity contribution in [2.75, 3.05) is 19.3 Å². The number of carbonyl (C=O) groups is 2. The van der Waals surface area contributed by atoms with Crippen LogP contribution in [-0.4, -0.2) is 41.7 Å². The SMILES string of the molecule is CSC(C)CCNC(=O)NCCC(C)CCC(=O)O. The van der Waals surface area contributed by atoms with Gasteiger partial charge in [0, 0.05) is 24.8 Å². The molecule has 0 aromatic carbocycles. The Labute approximate surface area is 119 Å². The molecule has 19 heavy (non-hydrogen) atoms. The highest BCUT2D eigenvalue weighted by Gasteiger charge is 2.07. The Hall–Kier alpha value is -0.910. The Morgan fingerprint density at radius 1 is 1.11 bits per heavy atom. The summed E-state index contributed by atoms with van der Waals surface area (Å²) in [4.78, 5) is 21.8. The molecule has 0 heterocycles. The standard InChI is InChI=1S/C13H26N2O3S/c1-10(4-5-12(16)17)6-8-14-13(18)15-9-7-11(2)19-3/h10-11H,4-9H2,1-3H3,(H,16,17)(H2,14,15,18). The van der Waals surface area contributed by atoms with Gasteiger partial charge in [-0.05, 0) is 31.4 Å². The molecule has 5 nitrogen and oxygen atoms in total. The van der Waals surface area contributed by atoms with Crippen LogP contribution in [0.1, 0.15) is 39.5 Å². The van der Waals surface area contributed by atoms with Crippen molar-refractivity contribution in [2.45, 2.75) is 44.8 Å². The average molecular weight is 290 g/mol. The second kappa shape index (κ2) is 11.0. The molecule has 2 unspecified atom stereocenters. The lowest BCUT2D eigenvalue weighted by Crippen LogP contribution is -2.37. The van der Waals surface area contributed by atoms with Crippen molar-refractivity contribution in [2.24, 2.45) is 5.92 Å². The normalized spacial score (nSPS) is 13.6. The molecule has 0 radical (unpaired) electrons. The van der Waals surface area contributed by atoms with E-state index in [2.05, 4.69) is 23.8 Å². The number of carboxylic acids is 1. The minimum absolute atomic E-state index is 0.140. The van der Waals surface area contributed by atoms with Crippen molar-refractivity contribution in [3.05, 3.63) is 0 Å². The van der Waals surface area contributed by atoms with Gasteiger partial charge < -0.3 is 15.7 Å². The first-order chi connectivity index (χ1) is 8.95. The molecule has 0 aliphatic heterocycles. The molecule has 0 rings (SSSR count). The Morgan fingerprint density at radius 3 is 2.21 bits per heavy atom. The van der Waals surface area contributed by atoms with Gasteiger partial charge in [0.05, 0.1) is 0 Å². The molecule has 0 fully saturated rings. The summed E-state index contributed by atoms with van der Waals surface area (Å²) in [7, 11) is 0. The van der Waals surface area contributed by atoms with E-state index in [1.165, 1.54) is 0 Å². The van der Waals surface area contributed by atoms with Crippen molar-refractivity contribution in [3.8, 4) is 0 Å². The molecule has 0 spiro atoms. The minimum atomic E-state index is -0.763. The van der Waals surface area contributed by atoms with E-state index in [4.69, 9.17) is 5.11 Å². The predicted octanol–water partition coefficient (Wildman–Crippen LogP) is 2.32. The maximum absolute atomic E-state index is 11.4. The molecular weight excluding hydrogens is 264 g/mol. The third kappa shape index (κ3) is 11.9. The number of carbonyl (C=O) groups excluding carboxylic acids is 1. The van der Waals surface area contributed by atoms with Crippen molar-refractivity contribution >= 4 is 23.8 Å². The Kier molecular flexibility index (Phi) is 10.4. The van der Waals surface area contributed by atoms with Crippen LogP contribution in [0.25, 0.3) is 0 Å². The second-order valence-corrected chi connectivity index (χ2v) is 6.12. The number of amides is 2. The first-order valence-electron chi connectivity index (χ1n) is 6.72. The third-order valence-electron chi connectivity index (χ3n) is 3.01. The zero-order chi connectivity index (χ0) is 14.7. The minimum Gasteiger partial charge on any atom is -0.481 e. The largest absolute Gasteiger partial charge is 0.481 e. The summed E-state index contributed by atoms with van der Waals surface area (Å²) >= 11 is 1.79. The Balaban J connectivity index is 3.49. The highest BCUT2D eigenvalue weighted by atomic mass is 32.2. The number of hydrogen-bond acceptors (Lipinski definition) is 3. The zero-order valence-corrected chi connectivity index (χ0v) is 12.9. The summed E-state index contributed by atoms with van der Waals surface area (Å²) in [6.07, 6.45) is 4.68. The van der Waals surface area contributed by atoms with E-state index in [0.29, 0.717) is 30.7 Å². The van der Waals surface area contributed by atoms with Gasteiger partial charge in [-0.15, -0.1) is 0 Å². The number of urea groups is 1. The van der Waals surface area contributed by atoms with Crippen molar-refractivity contribution < 1.29 is 14.7 Å². The molecule has 112 valence electrons. The van der Waals surface area contributed by atoms with E-state index in [-0.39, 0.29) is 12.5 Å². The smallest absolute Gasteiger partial charge is 0.314 e. The first kappa shape index (κ1) is 18.1. The van der Waals surface area contributed by atoms with Crippen molar-refractivity contribution in [1.82, 2.24) is 10.6 Å². The van der Waals surface area contributed by atoms with E-state index in [1.807, 2.05) is 6.92 Å². The van der Waals surface area contributed by atoms with E-state index in [1.54, 1.807) is 11.8 Å². The zero-order valence-electron chi connectivity index (χ0n) is 12.1. The van der Waals surface area contributed by atoms with Crippen LogP contribution in [-0.2, 0) is 4.79 Å². The molecule has 0 aromatic heterocycles. The maximum Gasteiger partial charge on any atom is 0.314 e. The summed E-state index contributed by atoms with van der Waals surface area (Å²) < 4.78 is 0. The van der Waals surface area contributed by atoms with E-state index in [9.17, 15) is 9.59 Å². The molecule has 3 N–H and O–H groups in total. The van der Waals surface area contributed by atoms with Gasteiger partial charge >= 0.3 is 12.0 Å². The Bertz CT molecular complexity index is 275. The van der Waals surface area contributed by atoms with Gasteiger partial charge in [0.1, 0.15) is 0 Å². The lowest BCUT2D eigenvalue weighted by Gasteiger charge is -2.12. The maximum atomic E-state index is 11.4. The molecular formula is C13H26N2O3S. The molecule has 0 aliphatic carbocycles. The van der Waals surface area contributed by atoms with Gasteiger partial charge in [0.25, 0.3) is 0 Å². The molecule has 6 heteroatoms. The fourth-order valence-corrected chi connectivity index (χ4v) is 1.87. The molecule has 2 amide bonds. The fraction of sp³-hybridized carbons (Fsp3) is 0.846. The summed E-state index contributed by atoms with van der Waals surface area (Å²) in [5.41, 5.74) is 0. The van der Waals surface area contributed by atoms with Crippen molar-refractivity contribution in [1.29, 1.82) is 0 Å². The molecule has 0 aliphatic rings. The third-order valence-corrected chi connectivity index (χ3v) is 4.05. The average Bonchev–Trinajstić information content (AvgIpc) is 2.36. The number of aliphatic carboxylic acids is 1. The summed E-state index contributed by atoms with van der Waals surface area (Å²) in [5.74, 6) is -0.451. The molecule has 0 saturated carbocycles. The summed E-state index contributed by atoms with van der Waals surface area (Å²) in [6, 6.07) is -0.140. The highest BCUT2D eigenvalue weighted by Crippen LogP contribution is 2.09. The van der Waals surface area contributed by atoms with Gasteiger partial charge in [-0.25, -0.2) is 4.79 Å². The Morgan fingerprint density at radius 2 is 1.68 bits per heavy atom. The number of carboxylic acid groups (broad SMARTS) is 1. The number of nitrogens with one attached hydrogen (secondary N) is 2. The predicted molar refractivity (Wildman–Crippen MR) is 79.6 cm³/mol. The quantitative estimate of drug-likeness (QED) is 0.577. The van der Waals surface area contributed by atoms with Crippen LogP contribution < -0.4 is 10.6 Å². The molecule has 0 saturated heterocycles. The van der Waals surface area contributed by atoms with Crippen LogP contribution in [0.3, 0.4) is 0 Å². The van der Waals surface area contributed by atoms with Crippen LogP contribution in [0, 0.1) is 5.92 Å². The highest BCUT2D eigenvalue weighted by molar-refractivity contribution is 7.99. The lowest BCUT2D eigenvalue weighted by atomic mass is 10.0. The topological polar surface area (TPSA) is 78.4 Å². The van der Waals surface area contributed by atoms with Gasteiger partial charge in [0.15, 0.2) is 0 Å². The van der Waals surface area contributed by atoms with E-state index >= 15 is 0 Å². The van der Waals surface area contributed by atoms with Crippen LogP contribution in [0.5, 0.6) is 0 Å². The van der Waals surface area contributed by atoms with Crippen LogP contribution in [0.4, 0.5) is 4.79 Å². The molecule has 2 atom stereocenters. The van der Waals surface area contributed by atoms with Gasteiger partial charge in [-0.3, -0.25) is 4.79 Å². The van der Waals surface area contributed by atoms with Crippen LogP contribution in [0.2, 0.25) is 0 Å². The van der Waals surface area contributed by atoms with E-state index < -0.39 is 5.97 Å².